The Bertz CT molecular complexity index is 431. The number of nitrogens with zero attached hydrogens (tertiary/aromatic N) is 1. The molecule has 0 bridgehead atoms. The molecule has 2 rings (SSSR count). The number of carbonyl (C=O) groups is 1. The van der Waals surface area contributed by atoms with Gasteiger partial charge in [0.15, 0.2) is 0 Å². The van der Waals surface area contributed by atoms with Crippen LogP contribution in [0.2, 0.25) is 0 Å². The van der Waals surface area contributed by atoms with E-state index >= 15 is 0 Å². The zero-order valence-corrected chi connectivity index (χ0v) is 11.8. The molecule has 2 aliphatic rings. The predicted molar refractivity (Wildman–Crippen MR) is 70.0 cm³/mol. The second-order valence-electron chi connectivity index (χ2n) is 5.34. The van der Waals surface area contributed by atoms with Gasteiger partial charge < -0.3 is 15.3 Å². The molecule has 2 saturated heterocycles. The van der Waals surface area contributed by atoms with E-state index in [1.807, 2.05) is 0 Å². The van der Waals surface area contributed by atoms with E-state index in [2.05, 4.69) is 10.0 Å². The summed E-state index contributed by atoms with van der Waals surface area (Å²) < 4.78 is 24.8. The molecule has 2 atom stereocenters. The normalized spacial score (nSPS) is 29.7. The summed E-state index contributed by atoms with van der Waals surface area (Å²) in [6, 6.07) is -0.379. The highest BCUT2D eigenvalue weighted by Gasteiger charge is 2.33. The van der Waals surface area contributed by atoms with Crippen LogP contribution in [0.4, 0.5) is 0 Å². The van der Waals surface area contributed by atoms with E-state index in [1.54, 1.807) is 4.90 Å². The first kappa shape index (κ1) is 14.7. The molecule has 19 heavy (non-hydrogen) atoms. The van der Waals surface area contributed by atoms with Crippen molar-refractivity contribution in [2.45, 2.75) is 37.5 Å². The van der Waals surface area contributed by atoms with Crippen molar-refractivity contribution in [3.63, 3.8) is 0 Å². The average molecular weight is 291 g/mol. The van der Waals surface area contributed by atoms with E-state index in [9.17, 15) is 18.3 Å². The van der Waals surface area contributed by atoms with Crippen molar-refractivity contribution in [3.05, 3.63) is 0 Å². The lowest BCUT2D eigenvalue weighted by Gasteiger charge is -2.33. The number of piperidine rings is 1. The summed E-state index contributed by atoms with van der Waals surface area (Å²) in [4.78, 5) is 13.9. The number of rotatable bonds is 3. The van der Waals surface area contributed by atoms with Crippen LogP contribution in [-0.2, 0) is 14.8 Å². The Balaban J connectivity index is 1.81. The monoisotopic (exact) mass is 291 g/mol. The maximum Gasteiger partial charge on any atom is 0.239 e. The molecule has 2 heterocycles. The van der Waals surface area contributed by atoms with Crippen molar-refractivity contribution in [2.75, 3.05) is 25.9 Å². The summed E-state index contributed by atoms with van der Waals surface area (Å²) in [5, 5.41) is 12.4. The van der Waals surface area contributed by atoms with Gasteiger partial charge in [-0.15, -0.1) is 0 Å². The highest BCUT2D eigenvalue weighted by atomic mass is 32.2. The first-order chi connectivity index (χ1) is 8.85. The summed E-state index contributed by atoms with van der Waals surface area (Å²) in [6.07, 6.45) is 2.43. The first-order valence-electron chi connectivity index (χ1n) is 6.52. The molecule has 1 amide bonds. The number of sulfonamides is 1. The number of hydrogen-bond acceptors (Lipinski definition) is 5. The highest BCUT2D eigenvalue weighted by Crippen LogP contribution is 2.15. The van der Waals surface area contributed by atoms with Gasteiger partial charge in [-0.05, 0) is 19.3 Å². The predicted octanol–water partition coefficient (Wildman–Crippen LogP) is -1.75. The molecule has 0 radical (unpaired) electrons. The summed E-state index contributed by atoms with van der Waals surface area (Å²) in [7, 11) is -3.18. The van der Waals surface area contributed by atoms with E-state index in [1.165, 1.54) is 0 Å². The summed E-state index contributed by atoms with van der Waals surface area (Å²) >= 11 is 0. The molecule has 110 valence electrons. The molecule has 3 N–H and O–H groups in total. The topological polar surface area (TPSA) is 98.7 Å². The second kappa shape index (κ2) is 5.74. The van der Waals surface area contributed by atoms with Crippen LogP contribution in [0, 0.1) is 0 Å². The lowest BCUT2D eigenvalue weighted by Crippen LogP contribution is -2.50. The fourth-order valence-corrected chi connectivity index (χ4v) is 3.49. The van der Waals surface area contributed by atoms with Gasteiger partial charge in [0.25, 0.3) is 0 Å². The van der Waals surface area contributed by atoms with E-state index in [-0.39, 0.29) is 18.0 Å². The standard InChI is InChI=1S/C11H21N3O4S/c1-19(17,18)13-8-2-4-14(5-3-8)11(16)10-6-9(15)7-12-10/h8-10,12-13,15H,2-7H2,1H3. The molecule has 2 fully saturated rings. The summed E-state index contributed by atoms with van der Waals surface area (Å²) in [5.74, 6) is 0.00866. The van der Waals surface area contributed by atoms with Crippen LogP contribution >= 0.6 is 0 Å². The Hall–Kier alpha value is -0.700. The number of aliphatic hydroxyl groups is 1. The van der Waals surface area contributed by atoms with Crippen LogP contribution < -0.4 is 10.0 Å². The molecule has 2 unspecified atom stereocenters. The molecule has 7 nitrogen and oxygen atoms in total. The van der Waals surface area contributed by atoms with E-state index in [0.717, 1.165) is 6.26 Å². The third kappa shape index (κ3) is 4.13. The minimum absolute atomic E-state index is 0.00866. The van der Waals surface area contributed by atoms with Crippen molar-refractivity contribution >= 4 is 15.9 Å². The zero-order valence-electron chi connectivity index (χ0n) is 11.0. The van der Waals surface area contributed by atoms with Gasteiger partial charge in [-0.2, -0.15) is 0 Å². The lowest BCUT2D eigenvalue weighted by molar-refractivity contribution is -0.134. The maximum absolute atomic E-state index is 12.2. The molecule has 0 aromatic carbocycles. The van der Waals surface area contributed by atoms with Crippen LogP contribution in [0.3, 0.4) is 0 Å². The minimum atomic E-state index is -3.18. The summed E-state index contributed by atoms with van der Waals surface area (Å²) in [5.41, 5.74) is 0. The minimum Gasteiger partial charge on any atom is -0.392 e. The van der Waals surface area contributed by atoms with Crippen molar-refractivity contribution in [2.24, 2.45) is 0 Å². The van der Waals surface area contributed by atoms with Crippen LogP contribution in [0.1, 0.15) is 19.3 Å². The number of likely N-dealkylation sites (tertiary alicyclic amines) is 1. The van der Waals surface area contributed by atoms with Gasteiger partial charge in [0.2, 0.25) is 15.9 Å². The number of amides is 1. The molecule has 0 spiro atoms. The first-order valence-corrected chi connectivity index (χ1v) is 8.42. The van der Waals surface area contributed by atoms with Crippen molar-refractivity contribution in [1.82, 2.24) is 14.9 Å². The Labute approximate surface area is 113 Å². The molecule has 0 saturated carbocycles. The van der Waals surface area contributed by atoms with Gasteiger partial charge in [-0.25, -0.2) is 13.1 Å². The number of aliphatic hydroxyl groups excluding tert-OH is 1. The highest BCUT2D eigenvalue weighted by molar-refractivity contribution is 7.88. The molecule has 2 aliphatic heterocycles. The van der Waals surface area contributed by atoms with E-state index in [0.29, 0.717) is 38.9 Å². The molecule has 0 aromatic rings. The van der Waals surface area contributed by atoms with Gasteiger partial charge in [0, 0.05) is 25.7 Å². The quantitative estimate of drug-likeness (QED) is 0.573. The molecular weight excluding hydrogens is 270 g/mol. The van der Waals surface area contributed by atoms with Crippen molar-refractivity contribution in [1.29, 1.82) is 0 Å². The Kier molecular flexibility index (Phi) is 4.44. The fraction of sp³-hybridized carbons (Fsp3) is 0.909. The second-order valence-corrected chi connectivity index (χ2v) is 7.12. The van der Waals surface area contributed by atoms with Gasteiger partial charge in [-0.3, -0.25) is 4.79 Å². The van der Waals surface area contributed by atoms with Crippen molar-refractivity contribution < 1.29 is 18.3 Å². The van der Waals surface area contributed by atoms with Gasteiger partial charge in [-0.1, -0.05) is 0 Å². The molecule has 8 heteroatoms. The smallest absolute Gasteiger partial charge is 0.239 e. The third-order valence-corrected chi connectivity index (χ3v) is 4.35. The molecule has 0 aliphatic carbocycles. The summed E-state index contributed by atoms with van der Waals surface area (Å²) in [6.45, 7) is 1.57. The lowest BCUT2D eigenvalue weighted by atomic mass is 10.0. The van der Waals surface area contributed by atoms with Gasteiger partial charge in [0.1, 0.15) is 0 Å². The Morgan fingerprint density at radius 3 is 2.47 bits per heavy atom. The Morgan fingerprint density at radius 1 is 1.37 bits per heavy atom. The zero-order chi connectivity index (χ0) is 14.0. The maximum atomic E-state index is 12.2. The third-order valence-electron chi connectivity index (χ3n) is 3.59. The van der Waals surface area contributed by atoms with Crippen LogP contribution in [0.25, 0.3) is 0 Å². The number of carbonyl (C=O) groups excluding carboxylic acids is 1. The number of β-amino-alcohol motifs (C(OH)–C–C–N with tert-alkyl or cyclic N) is 1. The Morgan fingerprint density at radius 2 is 2.00 bits per heavy atom. The van der Waals surface area contributed by atoms with E-state index < -0.39 is 16.1 Å². The van der Waals surface area contributed by atoms with Gasteiger partial charge in [0.05, 0.1) is 18.4 Å². The number of nitrogens with one attached hydrogen (secondary N) is 2. The largest absolute Gasteiger partial charge is 0.392 e. The van der Waals surface area contributed by atoms with Crippen molar-refractivity contribution in [3.8, 4) is 0 Å². The van der Waals surface area contributed by atoms with Gasteiger partial charge >= 0.3 is 0 Å². The SMILES string of the molecule is CS(=O)(=O)NC1CCN(C(=O)C2CC(O)CN2)CC1. The number of hydrogen-bond donors (Lipinski definition) is 3. The molecular formula is C11H21N3O4S. The molecule has 0 aromatic heterocycles. The van der Waals surface area contributed by atoms with Crippen LogP contribution in [-0.4, -0.2) is 68.4 Å². The van der Waals surface area contributed by atoms with Crippen LogP contribution in [0.5, 0.6) is 0 Å². The average Bonchev–Trinajstić information content (AvgIpc) is 2.74. The fourth-order valence-electron chi connectivity index (χ4n) is 2.65. The van der Waals surface area contributed by atoms with E-state index in [4.69, 9.17) is 0 Å². The van der Waals surface area contributed by atoms with Crippen LogP contribution in [0.15, 0.2) is 0 Å².